The molecule has 1 N–H and O–H groups in total. The van der Waals surface area contributed by atoms with Crippen LogP contribution in [0.1, 0.15) is 43.4 Å². The van der Waals surface area contributed by atoms with Crippen molar-refractivity contribution in [3.63, 3.8) is 0 Å². The summed E-state index contributed by atoms with van der Waals surface area (Å²) in [4.78, 5) is 17.8. The Bertz CT molecular complexity index is 984. The summed E-state index contributed by atoms with van der Waals surface area (Å²) in [7, 11) is 0. The van der Waals surface area contributed by atoms with Crippen molar-refractivity contribution in [2.45, 2.75) is 38.5 Å². The van der Waals surface area contributed by atoms with E-state index in [2.05, 4.69) is 10.3 Å². The van der Waals surface area contributed by atoms with E-state index in [1.54, 1.807) is 0 Å². The Morgan fingerprint density at radius 2 is 1.97 bits per heavy atom. The van der Waals surface area contributed by atoms with Gasteiger partial charge in [-0.05, 0) is 48.9 Å². The Morgan fingerprint density at radius 1 is 1.14 bits per heavy atom. The number of ether oxygens (including phenoxy) is 2. The van der Waals surface area contributed by atoms with Crippen LogP contribution in [0.25, 0.3) is 0 Å². The number of benzene rings is 1. The van der Waals surface area contributed by atoms with Crippen LogP contribution in [-0.2, 0) is 20.7 Å². The minimum atomic E-state index is -0.301. The molecule has 0 radical (unpaired) electrons. The van der Waals surface area contributed by atoms with Crippen LogP contribution >= 0.6 is 11.6 Å². The molecule has 0 saturated heterocycles. The van der Waals surface area contributed by atoms with Crippen molar-refractivity contribution in [2.24, 2.45) is 11.3 Å². The molecule has 6 heteroatoms. The summed E-state index contributed by atoms with van der Waals surface area (Å²) in [5.74, 6) is 2.90. The highest BCUT2D eigenvalue weighted by Gasteiger charge is 2.56. The second kappa shape index (κ2) is 7.38. The number of nitrogens with one attached hydrogen (secondary N) is 1. The molecule has 3 aliphatic rings. The smallest absolute Gasteiger partial charge is 0.232 e. The maximum atomic E-state index is 13.2. The molecule has 1 atom stereocenters. The molecule has 2 heterocycles. The zero-order valence-electron chi connectivity index (χ0n) is 16.1. The SMILES string of the molecule is O=C(Nc1cccc(Cc2ccccc2Cl)n1)C1(C2CCC3=C(C2)OCO3)CC1. The standard InChI is InChI=1S/C23H23ClN2O3/c24-18-6-2-1-4-15(18)12-17-5-3-7-21(25-17)26-22(27)23(10-11-23)16-8-9-19-20(13-16)29-14-28-19/h1-7,16H,8-14H2,(H,25,26,27). The van der Waals surface area contributed by atoms with Gasteiger partial charge in [0.15, 0.2) is 0 Å². The van der Waals surface area contributed by atoms with Gasteiger partial charge in [-0.3, -0.25) is 4.79 Å². The minimum Gasteiger partial charge on any atom is -0.458 e. The first-order chi connectivity index (χ1) is 14.1. The normalized spacial score (nSPS) is 21.8. The van der Waals surface area contributed by atoms with E-state index in [4.69, 9.17) is 21.1 Å². The minimum absolute atomic E-state index is 0.0767. The molecule has 1 unspecified atom stereocenters. The van der Waals surface area contributed by atoms with Gasteiger partial charge in [0.25, 0.3) is 0 Å². The van der Waals surface area contributed by atoms with Crippen LogP contribution in [0.2, 0.25) is 5.02 Å². The summed E-state index contributed by atoms with van der Waals surface area (Å²) >= 11 is 6.27. The van der Waals surface area contributed by atoms with Crippen molar-refractivity contribution in [2.75, 3.05) is 12.1 Å². The van der Waals surface area contributed by atoms with Gasteiger partial charge in [0, 0.05) is 30.0 Å². The second-order valence-corrected chi connectivity index (χ2v) is 8.49. The summed E-state index contributed by atoms with van der Waals surface area (Å²) in [5.41, 5.74) is 1.60. The van der Waals surface area contributed by atoms with Crippen molar-refractivity contribution in [3.05, 3.63) is 70.3 Å². The molecule has 5 rings (SSSR count). The van der Waals surface area contributed by atoms with Crippen LogP contribution in [0.5, 0.6) is 0 Å². The summed E-state index contributed by atoms with van der Waals surface area (Å²) in [6.45, 7) is 0.318. The van der Waals surface area contributed by atoms with Crippen LogP contribution in [-0.4, -0.2) is 17.7 Å². The van der Waals surface area contributed by atoms with E-state index in [9.17, 15) is 4.79 Å². The van der Waals surface area contributed by atoms with Gasteiger partial charge in [0.05, 0.1) is 5.41 Å². The molecule has 150 valence electrons. The van der Waals surface area contributed by atoms with Gasteiger partial charge in [-0.2, -0.15) is 0 Å². The molecule has 1 fully saturated rings. The fourth-order valence-corrected chi connectivity index (χ4v) is 4.70. The Morgan fingerprint density at radius 3 is 2.79 bits per heavy atom. The van der Waals surface area contributed by atoms with Gasteiger partial charge in [-0.15, -0.1) is 0 Å². The van der Waals surface area contributed by atoms with E-state index in [1.165, 1.54) is 0 Å². The van der Waals surface area contributed by atoms with Crippen molar-refractivity contribution in [3.8, 4) is 0 Å². The number of carbonyl (C=O) groups is 1. The van der Waals surface area contributed by atoms with E-state index in [0.717, 1.165) is 59.9 Å². The number of anilines is 1. The highest BCUT2D eigenvalue weighted by Crippen LogP contribution is 2.58. The van der Waals surface area contributed by atoms with Gasteiger partial charge in [-0.25, -0.2) is 4.98 Å². The topological polar surface area (TPSA) is 60.5 Å². The lowest BCUT2D eigenvalue weighted by molar-refractivity contribution is -0.123. The number of amides is 1. The van der Waals surface area contributed by atoms with Gasteiger partial charge in [-0.1, -0.05) is 35.9 Å². The van der Waals surface area contributed by atoms with E-state index in [1.807, 2.05) is 42.5 Å². The highest BCUT2D eigenvalue weighted by atomic mass is 35.5. The van der Waals surface area contributed by atoms with Crippen LogP contribution < -0.4 is 5.32 Å². The lowest BCUT2D eigenvalue weighted by Gasteiger charge is -2.28. The summed E-state index contributed by atoms with van der Waals surface area (Å²) in [5, 5.41) is 3.80. The lowest BCUT2D eigenvalue weighted by atomic mass is 9.78. The Balaban J connectivity index is 1.28. The van der Waals surface area contributed by atoms with Crippen molar-refractivity contribution < 1.29 is 14.3 Å². The third-order valence-corrected chi connectivity index (χ3v) is 6.70. The number of allylic oxidation sites excluding steroid dienone is 2. The van der Waals surface area contributed by atoms with Crippen LogP contribution in [0.3, 0.4) is 0 Å². The summed E-state index contributed by atoms with van der Waals surface area (Å²) in [6.07, 6.45) is 5.10. The molecular weight excluding hydrogens is 388 g/mol. The van der Waals surface area contributed by atoms with Crippen molar-refractivity contribution in [1.82, 2.24) is 4.98 Å². The zero-order chi connectivity index (χ0) is 19.8. The number of halogens is 1. The Hall–Kier alpha value is -2.53. The first kappa shape index (κ1) is 18.5. The van der Waals surface area contributed by atoms with Gasteiger partial charge in [0.1, 0.15) is 17.3 Å². The average molecular weight is 411 g/mol. The molecule has 1 saturated carbocycles. The molecule has 0 spiro atoms. The maximum Gasteiger partial charge on any atom is 0.232 e. The average Bonchev–Trinajstić information content (AvgIpc) is 3.41. The van der Waals surface area contributed by atoms with E-state index < -0.39 is 0 Å². The summed E-state index contributed by atoms with van der Waals surface area (Å²) in [6, 6.07) is 13.5. The largest absolute Gasteiger partial charge is 0.458 e. The first-order valence-electron chi connectivity index (χ1n) is 10.1. The number of hydrogen-bond donors (Lipinski definition) is 1. The van der Waals surface area contributed by atoms with Crippen LogP contribution in [0.15, 0.2) is 54.0 Å². The van der Waals surface area contributed by atoms with Gasteiger partial charge in [0.2, 0.25) is 12.7 Å². The highest BCUT2D eigenvalue weighted by molar-refractivity contribution is 6.31. The Labute approximate surface area is 175 Å². The van der Waals surface area contributed by atoms with Crippen LogP contribution in [0, 0.1) is 11.3 Å². The quantitative estimate of drug-likeness (QED) is 0.748. The molecule has 0 bridgehead atoms. The van der Waals surface area contributed by atoms with Crippen molar-refractivity contribution in [1.29, 1.82) is 0 Å². The first-order valence-corrected chi connectivity index (χ1v) is 10.5. The zero-order valence-corrected chi connectivity index (χ0v) is 16.9. The monoisotopic (exact) mass is 410 g/mol. The van der Waals surface area contributed by atoms with E-state index in [0.29, 0.717) is 24.9 Å². The van der Waals surface area contributed by atoms with E-state index in [-0.39, 0.29) is 11.3 Å². The summed E-state index contributed by atoms with van der Waals surface area (Å²) < 4.78 is 11.1. The molecule has 1 aliphatic heterocycles. The molecule has 5 nitrogen and oxygen atoms in total. The predicted molar refractivity (Wildman–Crippen MR) is 110 cm³/mol. The molecule has 1 aromatic carbocycles. The van der Waals surface area contributed by atoms with Gasteiger partial charge < -0.3 is 14.8 Å². The maximum absolute atomic E-state index is 13.2. The van der Waals surface area contributed by atoms with Crippen LogP contribution in [0.4, 0.5) is 5.82 Å². The fourth-order valence-electron chi connectivity index (χ4n) is 4.50. The lowest BCUT2D eigenvalue weighted by Crippen LogP contribution is -2.33. The predicted octanol–water partition coefficient (Wildman–Crippen LogP) is 5.06. The second-order valence-electron chi connectivity index (χ2n) is 8.09. The van der Waals surface area contributed by atoms with Crippen molar-refractivity contribution >= 4 is 23.3 Å². The number of hydrogen-bond acceptors (Lipinski definition) is 4. The number of nitrogens with zero attached hydrogens (tertiary/aromatic N) is 1. The third-order valence-electron chi connectivity index (χ3n) is 6.33. The molecule has 2 aliphatic carbocycles. The van der Waals surface area contributed by atoms with E-state index >= 15 is 0 Å². The Kier molecular flexibility index (Phi) is 4.70. The molecule has 29 heavy (non-hydrogen) atoms. The number of carbonyl (C=O) groups excluding carboxylic acids is 1. The number of aromatic nitrogens is 1. The molecule has 1 aromatic heterocycles. The number of pyridine rings is 1. The number of rotatable bonds is 5. The molecular formula is C23H23ClN2O3. The third kappa shape index (κ3) is 3.60. The molecule has 1 amide bonds. The molecule has 2 aromatic rings. The fraction of sp³-hybridized carbons (Fsp3) is 0.391. The van der Waals surface area contributed by atoms with Gasteiger partial charge >= 0.3 is 0 Å².